The van der Waals surface area contributed by atoms with Crippen LogP contribution in [0.15, 0.2) is 30.3 Å². The van der Waals surface area contributed by atoms with E-state index in [0.717, 1.165) is 5.56 Å². The summed E-state index contributed by atoms with van der Waals surface area (Å²) in [5, 5.41) is 15.9. The maximum atomic E-state index is 11.9. The van der Waals surface area contributed by atoms with Crippen molar-refractivity contribution >= 4 is 5.91 Å². The van der Waals surface area contributed by atoms with Crippen molar-refractivity contribution in [3.8, 4) is 0 Å². The van der Waals surface area contributed by atoms with Crippen LogP contribution in [0.4, 0.5) is 0 Å². The molecule has 1 aromatic carbocycles. The Hall–Kier alpha value is -1.43. The van der Waals surface area contributed by atoms with Gasteiger partial charge in [-0.25, -0.2) is 0 Å². The van der Waals surface area contributed by atoms with E-state index in [0.29, 0.717) is 19.4 Å². The van der Waals surface area contributed by atoms with Crippen molar-refractivity contribution in [3.05, 3.63) is 35.9 Å². The SMILES string of the molecule is CC[C@@H](N)C(=O)NC(Cc1ccccc1)[C@H](O)CNC. The molecule has 0 aliphatic rings. The zero-order chi connectivity index (χ0) is 15.0. The first-order valence-electron chi connectivity index (χ1n) is 7.01. The van der Waals surface area contributed by atoms with Crippen molar-refractivity contribution in [3.63, 3.8) is 0 Å². The summed E-state index contributed by atoms with van der Waals surface area (Å²) in [5.41, 5.74) is 6.79. The van der Waals surface area contributed by atoms with Gasteiger partial charge in [0, 0.05) is 6.54 Å². The minimum atomic E-state index is -0.659. The fourth-order valence-corrected chi connectivity index (χ4v) is 1.98. The zero-order valence-corrected chi connectivity index (χ0v) is 12.2. The Bertz CT molecular complexity index is 397. The standard InChI is InChI=1S/C15H25N3O2/c1-3-12(16)15(20)18-13(14(19)10-17-2)9-11-7-5-4-6-8-11/h4-8,12-14,17,19H,3,9-10,16H2,1-2H3,(H,18,20)/t12-,13?,14-/m1/s1. The molecular weight excluding hydrogens is 254 g/mol. The molecular formula is C15H25N3O2. The van der Waals surface area contributed by atoms with E-state index < -0.39 is 12.1 Å². The molecule has 0 saturated carbocycles. The molecule has 1 aromatic rings. The molecule has 0 aliphatic heterocycles. The van der Waals surface area contributed by atoms with Crippen LogP contribution < -0.4 is 16.4 Å². The van der Waals surface area contributed by atoms with Crippen molar-refractivity contribution in [2.75, 3.05) is 13.6 Å². The van der Waals surface area contributed by atoms with E-state index in [2.05, 4.69) is 10.6 Å². The molecule has 0 saturated heterocycles. The molecule has 1 rings (SSSR count). The second-order valence-corrected chi connectivity index (χ2v) is 4.94. The number of likely N-dealkylation sites (N-methyl/N-ethyl adjacent to an activating group) is 1. The highest BCUT2D eigenvalue weighted by Gasteiger charge is 2.23. The minimum absolute atomic E-state index is 0.219. The monoisotopic (exact) mass is 279 g/mol. The van der Waals surface area contributed by atoms with Crippen LogP contribution in [0.2, 0.25) is 0 Å². The van der Waals surface area contributed by atoms with E-state index in [4.69, 9.17) is 5.73 Å². The molecule has 1 unspecified atom stereocenters. The second-order valence-electron chi connectivity index (χ2n) is 4.94. The van der Waals surface area contributed by atoms with Crippen LogP contribution in [0.5, 0.6) is 0 Å². The van der Waals surface area contributed by atoms with E-state index >= 15 is 0 Å². The van der Waals surface area contributed by atoms with Crippen LogP contribution >= 0.6 is 0 Å². The second kappa shape index (κ2) is 8.68. The molecule has 1 amide bonds. The largest absolute Gasteiger partial charge is 0.390 e. The summed E-state index contributed by atoms with van der Waals surface area (Å²) >= 11 is 0. The highest BCUT2D eigenvalue weighted by molar-refractivity contribution is 5.81. The fourth-order valence-electron chi connectivity index (χ4n) is 1.98. The summed E-state index contributed by atoms with van der Waals surface area (Å²) in [6.07, 6.45) is 0.492. The van der Waals surface area contributed by atoms with Crippen molar-refractivity contribution in [2.24, 2.45) is 5.73 Å². The molecule has 20 heavy (non-hydrogen) atoms. The average molecular weight is 279 g/mol. The van der Waals surface area contributed by atoms with Gasteiger partial charge in [0.1, 0.15) is 0 Å². The topological polar surface area (TPSA) is 87.4 Å². The highest BCUT2D eigenvalue weighted by Crippen LogP contribution is 2.07. The third-order valence-electron chi connectivity index (χ3n) is 3.28. The maximum Gasteiger partial charge on any atom is 0.237 e. The average Bonchev–Trinajstić information content (AvgIpc) is 2.46. The maximum absolute atomic E-state index is 11.9. The fraction of sp³-hybridized carbons (Fsp3) is 0.533. The summed E-state index contributed by atoms with van der Waals surface area (Å²) in [6.45, 7) is 2.28. The number of carbonyl (C=O) groups is 1. The van der Waals surface area contributed by atoms with Crippen molar-refractivity contribution in [2.45, 2.75) is 38.0 Å². The number of carbonyl (C=O) groups excluding carboxylic acids is 1. The molecule has 5 heteroatoms. The lowest BCUT2D eigenvalue weighted by atomic mass is 10.0. The number of benzene rings is 1. The number of nitrogens with two attached hydrogens (primary N) is 1. The smallest absolute Gasteiger partial charge is 0.237 e. The summed E-state index contributed by atoms with van der Waals surface area (Å²) in [6, 6.07) is 8.89. The normalized spacial score (nSPS) is 15.4. The number of amides is 1. The van der Waals surface area contributed by atoms with Gasteiger partial charge in [0.25, 0.3) is 0 Å². The summed E-state index contributed by atoms with van der Waals surface area (Å²) in [7, 11) is 1.77. The molecule has 0 aliphatic carbocycles. The minimum Gasteiger partial charge on any atom is -0.390 e. The van der Waals surface area contributed by atoms with Gasteiger partial charge in [-0.2, -0.15) is 0 Å². The van der Waals surface area contributed by atoms with Gasteiger partial charge >= 0.3 is 0 Å². The number of rotatable bonds is 8. The molecule has 5 N–H and O–H groups in total. The van der Waals surface area contributed by atoms with Gasteiger partial charge in [0.05, 0.1) is 18.2 Å². The van der Waals surface area contributed by atoms with Crippen LogP contribution in [0.25, 0.3) is 0 Å². The van der Waals surface area contributed by atoms with Gasteiger partial charge in [-0.15, -0.1) is 0 Å². The molecule has 3 atom stereocenters. The van der Waals surface area contributed by atoms with Crippen LogP contribution in [0.1, 0.15) is 18.9 Å². The number of hydrogen-bond acceptors (Lipinski definition) is 4. The summed E-state index contributed by atoms with van der Waals surface area (Å²) in [4.78, 5) is 11.9. The molecule has 0 bridgehead atoms. The lowest BCUT2D eigenvalue weighted by molar-refractivity contribution is -0.124. The van der Waals surface area contributed by atoms with Crippen LogP contribution in [0.3, 0.4) is 0 Å². The number of nitrogens with one attached hydrogen (secondary N) is 2. The van der Waals surface area contributed by atoms with Gasteiger partial charge in [-0.3, -0.25) is 4.79 Å². The van der Waals surface area contributed by atoms with Gasteiger partial charge in [0.15, 0.2) is 0 Å². The predicted octanol–water partition coefficient (Wildman–Crippen LogP) is 0.0315. The third-order valence-corrected chi connectivity index (χ3v) is 3.28. The Morgan fingerprint density at radius 3 is 2.55 bits per heavy atom. The third kappa shape index (κ3) is 5.28. The Balaban J connectivity index is 2.72. The molecule has 112 valence electrons. The lowest BCUT2D eigenvalue weighted by Gasteiger charge is -2.25. The molecule has 0 fully saturated rings. The number of aliphatic hydroxyl groups is 1. The van der Waals surface area contributed by atoms with Crippen LogP contribution in [-0.2, 0) is 11.2 Å². The Kier molecular flexibility index (Phi) is 7.22. The molecule has 0 aromatic heterocycles. The van der Waals surface area contributed by atoms with Gasteiger partial charge in [0.2, 0.25) is 5.91 Å². The highest BCUT2D eigenvalue weighted by atomic mass is 16.3. The van der Waals surface area contributed by atoms with Gasteiger partial charge in [-0.1, -0.05) is 37.3 Å². The number of aliphatic hydroxyl groups excluding tert-OH is 1. The molecule has 0 radical (unpaired) electrons. The zero-order valence-electron chi connectivity index (χ0n) is 12.2. The van der Waals surface area contributed by atoms with E-state index in [9.17, 15) is 9.90 Å². The van der Waals surface area contributed by atoms with Crippen molar-refractivity contribution in [1.29, 1.82) is 0 Å². The lowest BCUT2D eigenvalue weighted by Crippen LogP contribution is -2.52. The van der Waals surface area contributed by atoms with E-state index in [1.54, 1.807) is 7.05 Å². The number of hydrogen-bond donors (Lipinski definition) is 4. The first-order valence-corrected chi connectivity index (χ1v) is 7.01. The Morgan fingerprint density at radius 2 is 2.00 bits per heavy atom. The molecule has 0 spiro atoms. The van der Waals surface area contributed by atoms with Crippen LogP contribution in [-0.4, -0.2) is 42.8 Å². The summed E-state index contributed by atoms with van der Waals surface area (Å²) < 4.78 is 0. The van der Waals surface area contributed by atoms with E-state index in [-0.39, 0.29) is 11.9 Å². The first kappa shape index (κ1) is 16.6. The van der Waals surface area contributed by atoms with Crippen molar-refractivity contribution < 1.29 is 9.90 Å². The van der Waals surface area contributed by atoms with Gasteiger partial charge in [-0.05, 0) is 25.5 Å². The predicted molar refractivity (Wildman–Crippen MR) is 80.3 cm³/mol. The Labute approximate surface area is 120 Å². The van der Waals surface area contributed by atoms with E-state index in [1.807, 2.05) is 37.3 Å². The first-order chi connectivity index (χ1) is 9.58. The summed E-state index contributed by atoms with van der Waals surface area (Å²) in [5.74, 6) is -0.219. The molecule has 5 nitrogen and oxygen atoms in total. The van der Waals surface area contributed by atoms with E-state index in [1.165, 1.54) is 0 Å². The Morgan fingerprint density at radius 1 is 1.35 bits per heavy atom. The quantitative estimate of drug-likeness (QED) is 0.541. The van der Waals surface area contributed by atoms with Crippen LogP contribution in [0, 0.1) is 0 Å². The van der Waals surface area contributed by atoms with Gasteiger partial charge < -0.3 is 21.5 Å². The van der Waals surface area contributed by atoms with Crippen molar-refractivity contribution in [1.82, 2.24) is 10.6 Å². The molecule has 0 heterocycles.